The van der Waals surface area contributed by atoms with Crippen molar-refractivity contribution in [2.24, 2.45) is 11.8 Å². The second-order valence-electron chi connectivity index (χ2n) is 19.5. The Balaban J connectivity index is 0.00000114. The van der Waals surface area contributed by atoms with Gasteiger partial charge in [-0.1, -0.05) is 227 Å². The van der Waals surface area contributed by atoms with Crippen molar-refractivity contribution in [3.63, 3.8) is 0 Å². The Bertz CT molecular complexity index is 1330. The van der Waals surface area contributed by atoms with Crippen LogP contribution < -0.4 is 10.2 Å². The van der Waals surface area contributed by atoms with Gasteiger partial charge in [-0.3, -0.25) is 0 Å². The number of carbonyl (C=O) groups excluding carboxylic acids is 2. The first-order valence-corrected chi connectivity index (χ1v) is 33.7. The molecule has 0 saturated carbocycles. The summed E-state index contributed by atoms with van der Waals surface area (Å²) in [5, 5.41) is 22.5. The number of unbranched alkanes of at least 4 members (excludes halogenated alkanes) is 26. The molecule has 0 N–H and O–H groups in total. The fourth-order valence-electron chi connectivity index (χ4n) is 8.53. The summed E-state index contributed by atoms with van der Waals surface area (Å²) in [6, 6.07) is 19.3. The number of aliphatic carboxylic acids is 2. The molecule has 0 aliphatic heterocycles. The minimum atomic E-state index is -0.980. The van der Waals surface area contributed by atoms with E-state index in [-0.39, 0.29) is 31.6 Å². The predicted molar refractivity (Wildman–Crippen MR) is 307 cm³/mol. The zero-order valence-electron chi connectivity index (χ0n) is 44.9. The third kappa shape index (κ3) is 42.6. The molecule has 0 aliphatic carbocycles. The molecule has 2 aromatic carbocycles. The topological polar surface area (TPSA) is 80.3 Å². The van der Waals surface area contributed by atoms with Crippen molar-refractivity contribution in [2.45, 2.75) is 265 Å². The van der Waals surface area contributed by atoms with Crippen LogP contribution in [0.3, 0.4) is 0 Å². The quantitative estimate of drug-likeness (QED) is 0.0300. The molecule has 0 fully saturated rings. The molecule has 0 aromatic heterocycles. The number of thiol groups is 2. The molecule has 4 atom stereocenters. The normalized spacial score (nSPS) is 13.0. The first-order valence-electron chi connectivity index (χ1n) is 28.6. The van der Waals surface area contributed by atoms with Crippen LogP contribution in [-0.2, 0) is 9.59 Å². The van der Waals surface area contributed by atoms with Gasteiger partial charge >= 0.3 is 69.5 Å². The molecule has 0 heterocycles. The van der Waals surface area contributed by atoms with Crippen LogP contribution in [0.2, 0.25) is 8.87 Å². The van der Waals surface area contributed by atoms with Crippen molar-refractivity contribution >= 4 is 58.3 Å². The van der Waals surface area contributed by atoms with Gasteiger partial charge in [-0.2, -0.15) is 25.3 Å². The first-order chi connectivity index (χ1) is 33.7. The van der Waals surface area contributed by atoms with Crippen molar-refractivity contribution in [2.75, 3.05) is 0 Å². The molecule has 69 heavy (non-hydrogen) atoms. The fourth-order valence-corrected chi connectivity index (χ4v) is 13.6. The molecule has 0 aliphatic rings. The zero-order valence-corrected chi connectivity index (χ0v) is 49.5. The van der Waals surface area contributed by atoms with E-state index in [9.17, 15) is 19.8 Å². The Morgan fingerprint density at radius 2 is 0.667 bits per heavy atom. The minimum absolute atomic E-state index is 0.149. The van der Waals surface area contributed by atoms with Crippen LogP contribution in [0.15, 0.2) is 85.0 Å². The van der Waals surface area contributed by atoms with E-state index in [1.54, 1.807) is 8.87 Å². The average molecular weight is 1100 g/mol. The zero-order chi connectivity index (χ0) is 50.7. The molecule has 0 spiro atoms. The number of benzene rings is 2. The van der Waals surface area contributed by atoms with Gasteiger partial charge in [0, 0.05) is 34.3 Å². The molecule has 4 unspecified atom stereocenters. The maximum absolute atomic E-state index is 11.5. The SMILES string of the molecule is CCCCCCCC/C=C\CCCCCCCCC(C(=O)[O-])C(S)c1ccccc1.CCCCCCCC/C=C\CCCCCCCCC(C(=O)[O-])C(S)c1ccccc1.CCC[CH2][Sn+2][CH2]CCC. The van der Waals surface area contributed by atoms with E-state index in [0.29, 0.717) is 12.8 Å². The molecule has 0 radical (unpaired) electrons. The number of hydrogen-bond donors (Lipinski definition) is 2. The summed E-state index contributed by atoms with van der Waals surface area (Å²) in [6.07, 6.45) is 51.8. The summed E-state index contributed by atoms with van der Waals surface area (Å²) >= 11 is 9.27. The van der Waals surface area contributed by atoms with Crippen LogP contribution in [0.1, 0.15) is 268 Å². The van der Waals surface area contributed by atoms with Gasteiger partial charge in [0.15, 0.2) is 0 Å². The Kier molecular flexibility index (Phi) is 51.4. The van der Waals surface area contributed by atoms with Crippen molar-refractivity contribution < 1.29 is 19.8 Å². The summed E-state index contributed by atoms with van der Waals surface area (Å²) in [6.45, 7) is 9.11. The molecule has 0 amide bonds. The maximum atomic E-state index is 11.5. The number of carboxylic acids is 2. The Labute approximate surface area is 448 Å². The molecule has 4 nitrogen and oxygen atoms in total. The van der Waals surface area contributed by atoms with Crippen LogP contribution >= 0.6 is 25.3 Å². The Hall–Kier alpha value is -1.64. The van der Waals surface area contributed by atoms with Gasteiger partial charge < -0.3 is 19.8 Å². The molecule has 2 aromatic rings. The van der Waals surface area contributed by atoms with Crippen LogP contribution in [0.5, 0.6) is 0 Å². The summed E-state index contributed by atoms with van der Waals surface area (Å²) in [4.78, 5) is 23.1. The summed E-state index contributed by atoms with van der Waals surface area (Å²) in [5.41, 5.74) is 1.92. The Morgan fingerprint density at radius 1 is 0.406 bits per heavy atom. The second-order valence-corrected chi connectivity index (χ2v) is 24.9. The van der Waals surface area contributed by atoms with Crippen molar-refractivity contribution in [1.82, 2.24) is 0 Å². The summed E-state index contributed by atoms with van der Waals surface area (Å²) in [5.74, 6) is -3.00. The standard InChI is InChI=1S/2C27H44O2S.2C4H9.Sn/c2*1-2-3-4-5-6-7-8-9-10-11-12-13-14-15-16-20-23-25(27(28)29)26(30)24-21-18-17-19-22-24;2*1-3-4-2;/h2*9-10,17-19,21-22,25-26,30H,2-8,11-16,20,23H2,1H3,(H,28,29);2*1,3-4H2,2H3;/q;;;;+2/p-2/b2*10-9-;;;. The van der Waals surface area contributed by atoms with E-state index in [1.807, 2.05) is 60.7 Å². The number of hydrogen-bond acceptors (Lipinski definition) is 6. The van der Waals surface area contributed by atoms with E-state index in [1.165, 1.54) is 180 Å². The number of carboxylic acid groups (broad SMARTS) is 2. The van der Waals surface area contributed by atoms with Crippen LogP contribution in [0, 0.1) is 11.8 Å². The van der Waals surface area contributed by atoms with Crippen molar-refractivity contribution in [1.29, 1.82) is 0 Å². The molecular weight excluding hydrogens is 992 g/mol. The van der Waals surface area contributed by atoms with Gasteiger partial charge in [-0.15, -0.1) is 0 Å². The van der Waals surface area contributed by atoms with Crippen LogP contribution in [-0.4, -0.2) is 33.1 Å². The molecule has 7 heteroatoms. The van der Waals surface area contributed by atoms with Crippen molar-refractivity contribution in [3.05, 3.63) is 96.1 Å². The molecular formula is C62H104O4S2Sn. The molecule has 2 rings (SSSR count). The van der Waals surface area contributed by atoms with E-state index in [0.717, 1.165) is 36.8 Å². The number of allylic oxidation sites excluding steroid dienone is 4. The van der Waals surface area contributed by atoms with E-state index >= 15 is 0 Å². The van der Waals surface area contributed by atoms with E-state index in [4.69, 9.17) is 0 Å². The third-order valence-corrected chi connectivity index (χ3v) is 18.5. The van der Waals surface area contributed by atoms with E-state index in [2.05, 4.69) is 77.3 Å². The summed E-state index contributed by atoms with van der Waals surface area (Å²) < 4.78 is 3.25. The van der Waals surface area contributed by atoms with E-state index < -0.39 is 23.8 Å². The fraction of sp³-hybridized carbons (Fsp3) is 0.710. The number of rotatable bonds is 44. The van der Waals surface area contributed by atoms with Crippen LogP contribution in [0.25, 0.3) is 0 Å². The van der Waals surface area contributed by atoms with Gasteiger partial charge in [0.1, 0.15) is 0 Å². The van der Waals surface area contributed by atoms with Crippen LogP contribution in [0.4, 0.5) is 0 Å². The second kappa shape index (κ2) is 52.7. The average Bonchev–Trinajstić information content (AvgIpc) is 3.36. The van der Waals surface area contributed by atoms with Gasteiger partial charge in [0.05, 0.1) is 0 Å². The van der Waals surface area contributed by atoms with Gasteiger partial charge in [0.25, 0.3) is 0 Å². The molecule has 0 bridgehead atoms. The third-order valence-electron chi connectivity index (χ3n) is 13.1. The van der Waals surface area contributed by atoms with Gasteiger partial charge in [-0.05, 0) is 75.3 Å². The monoisotopic (exact) mass is 1100 g/mol. The predicted octanol–water partition coefficient (Wildman–Crippen LogP) is 18.0. The summed E-state index contributed by atoms with van der Waals surface area (Å²) in [7, 11) is 0. The molecule has 0 saturated heterocycles. The van der Waals surface area contributed by atoms with Crippen molar-refractivity contribution in [3.8, 4) is 0 Å². The first kappa shape index (κ1) is 67.4. The Morgan fingerprint density at radius 3 is 0.942 bits per heavy atom. The number of carbonyl (C=O) groups is 2. The van der Waals surface area contributed by atoms with Gasteiger partial charge in [0.2, 0.25) is 0 Å². The van der Waals surface area contributed by atoms with Gasteiger partial charge in [-0.25, -0.2) is 0 Å². The molecule has 392 valence electrons.